The number of benzene rings is 7. The fourth-order valence-corrected chi connectivity index (χ4v) is 7.78. The minimum atomic E-state index is 0.612. The van der Waals surface area contributed by atoms with Crippen LogP contribution in [0.4, 0.5) is 0 Å². The summed E-state index contributed by atoms with van der Waals surface area (Å²) in [5.74, 6) is 0.612. The minimum absolute atomic E-state index is 0.612. The number of furan rings is 2. The Bertz CT molecular complexity index is 2980. The van der Waals surface area contributed by atoms with E-state index in [-0.39, 0.29) is 0 Å². The molecule has 11 aromatic rings. The van der Waals surface area contributed by atoms with Gasteiger partial charge in [0.25, 0.3) is 0 Å². The lowest BCUT2D eigenvalue weighted by Crippen LogP contribution is -2.01. The summed E-state index contributed by atoms with van der Waals surface area (Å²) >= 11 is 0. The third-order valence-corrected chi connectivity index (χ3v) is 10.1. The van der Waals surface area contributed by atoms with Crippen molar-refractivity contribution in [2.45, 2.75) is 0 Å². The number of rotatable bonds is 4. The van der Waals surface area contributed by atoms with Gasteiger partial charge in [-0.1, -0.05) is 109 Å². The fraction of sp³-hybridized carbons (Fsp3) is 0. The summed E-state index contributed by atoms with van der Waals surface area (Å²) < 4.78 is 15.4. The van der Waals surface area contributed by atoms with Crippen LogP contribution in [-0.2, 0) is 0 Å². The molecule has 11 rings (SSSR count). The second-order valence-electron chi connectivity index (χ2n) is 12.9. The van der Waals surface area contributed by atoms with Crippen molar-refractivity contribution < 1.29 is 8.83 Å². The van der Waals surface area contributed by atoms with Gasteiger partial charge in [-0.2, -0.15) is 0 Å². The van der Waals surface area contributed by atoms with E-state index in [2.05, 4.69) is 132 Å². The van der Waals surface area contributed by atoms with Crippen LogP contribution >= 0.6 is 0 Å². The quantitative estimate of drug-likeness (QED) is 0.190. The van der Waals surface area contributed by atoms with Crippen LogP contribution in [0.15, 0.2) is 173 Å². The van der Waals surface area contributed by atoms with Crippen molar-refractivity contribution in [3.05, 3.63) is 164 Å². The molecule has 0 radical (unpaired) electrons. The van der Waals surface area contributed by atoms with E-state index in [1.165, 1.54) is 10.8 Å². The lowest BCUT2D eigenvalue weighted by atomic mass is 10.0. The van der Waals surface area contributed by atoms with Crippen molar-refractivity contribution in [3.8, 4) is 39.6 Å². The van der Waals surface area contributed by atoms with E-state index in [1.807, 2.05) is 36.4 Å². The van der Waals surface area contributed by atoms with Crippen molar-refractivity contribution in [2.75, 3.05) is 0 Å². The maximum absolute atomic E-state index is 6.54. The molecule has 0 aliphatic rings. The molecular weight excluding hydrogens is 627 g/mol. The monoisotopic (exact) mass is 653 g/mol. The van der Waals surface area contributed by atoms with Gasteiger partial charge in [0.05, 0.1) is 28.1 Å². The van der Waals surface area contributed by atoms with Crippen molar-refractivity contribution in [3.63, 3.8) is 0 Å². The highest BCUT2D eigenvalue weighted by molar-refractivity contribution is 6.12. The number of para-hydroxylation sites is 7. The molecule has 5 nitrogen and oxygen atoms in total. The van der Waals surface area contributed by atoms with Crippen molar-refractivity contribution in [1.29, 1.82) is 0 Å². The normalized spacial score (nSPS) is 11.9. The number of hydrogen-bond acceptors (Lipinski definition) is 4. The van der Waals surface area contributed by atoms with Gasteiger partial charge in [-0.3, -0.25) is 0 Å². The van der Waals surface area contributed by atoms with Crippen molar-refractivity contribution in [1.82, 2.24) is 14.5 Å². The van der Waals surface area contributed by atoms with E-state index in [1.54, 1.807) is 0 Å². The smallest absolute Gasteiger partial charge is 0.162 e. The van der Waals surface area contributed by atoms with Crippen LogP contribution in [0.5, 0.6) is 0 Å². The Labute approximate surface area is 291 Å². The standard InChI is InChI=1S/C46H27N3O2/c1-6-22-39-28(13-1)29-14-2-7-23-40(29)49(39)41-24-8-3-17-36(41)46-47-37(34-20-11-18-32-30-15-4-9-25-42(30)50-44(32)34)27-38(48-46)35-21-12-19-33-31-16-5-10-26-43(31)51-45(33)35/h1-27H. The maximum Gasteiger partial charge on any atom is 0.162 e. The molecule has 51 heavy (non-hydrogen) atoms. The van der Waals surface area contributed by atoms with Crippen molar-refractivity contribution >= 4 is 65.7 Å². The molecule has 238 valence electrons. The third kappa shape index (κ3) is 4.15. The summed E-state index contributed by atoms with van der Waals surface area (Å²) in [4.78, 5) is 10.7. The largest absolute Gasteiger partial charge is 0.455 e. The minimum Gasteiger partial charge on any atom is -0.455 e. The van der Waals surface area contributed by atoms with Gasteiger partial charge in [-0.25, -0.2) is 9.97 Å². The molecule has 0 unspecified atom stereocenters. The Morgan fingerprint density at radius 2 is 0.804 bits per heavy atom. The van der Waals surface area contributed by atoms with Crippen LogP contribution < -0.4 is 0 Å². The Morgan fingerprint density at radius 3 is 1.37 bits per heavy atom. The Morgan fingerprint density at radius 1 is 0.373 bits per heavy atom. The van der Waals surface area contributed by atoms with E-state index in [0.29, 0.717) is 5.82 Å². The van der Waals surface area contributed by atoms with Crippen LogP contribution in [0, 0.1) is 0 Å². The molecule has 0 bridgehead atoms. The van der Waals surface area contributed by atoms with Gasteiger partial charge in [0.2, 0.25) is 0 Å². The number of nitrogens with zero attached hydrogens (tertiary/aromatic N) is 3. The van der Waals surface area contributed by atoms with E-state index < -0.39 is 0 Å². The van der Waals surface area contributed by atoms with E-state index in [4.69, 9.17) is 18.8 Å². The van der Waals surface area contributed by atoms with E-state index in [9.17, 15) is 0 Å². The van der Waals surface area contributed by atoms with Crippen molar-refractivity contribution in [2.24, 2.45) is 0 Å². The topological polar surface area (TPSA) is 57.0 Å². The number of fused-ring (bicyclic) bond motifs is 9. The van der Waals surface area contributed by atoms with Gasteiger partial charge in [-0.15, -0.1) is 0 Å². The Kier molecular flexibility index (Phi) is 5.89. The second kappa shape index (κ2) is 10.8. The summed E-state index contributed by atoms with van der Waals surface area (Å²) in [5.41, 5.74) is 10.8. The summed E-state index contributed by atoms with van der Waals surface area (Å²) in [6.45, 7) is 0. The molecule has 0 spiro atoms. The predicted molar refractivity (Wildman–Crippen MR) is 207 cm³/mol. The third-order valence-electron chi connectivity index (χ3n) is 10.1. The van der Waals surface area contributed by atoms with Gasteiger partial charge in [-0.05, 0) is 54.6 Å². The highest BCUT2D eigenvalue weighted by Crippen LogP contribution is 2.41. The SMILES string of the molecule is c1ccc(-n2c3ccccc3c3ccccc32)c(-c2nc(-c3cccc4c3oc3ccccc34)cc(-c3cccc4c3oc3ccccc34)n2)c1. The van der Waals surface area contributed by atoms with E-state index >= 15 is 0 Å². The van der Waals surface area contributed by atoms with Gasteiger partial charge in [0.1, 0.15) is 22.3 Å². The van der Waals surface area contributed by atoms with Crippen LogP contribution in [0.2, 0.25) is 0 Å². The molecular formula is C46H27N3O2. The zero-order chi connectivity index (χ0) is 33.5. The van der Waals surface area contributed by atoms with Crippen LogP contribution in [0.1, 0.15) is 0 Å². The Balaban J connectivity index is 1.22. The molecule has 0 aliphatic carbocycles. The summed E-state index contributed by atoms with van der Waals surface area (Å²) in [5, 5.41) is 6.66. The average molecular weight is 654 g/mol. The molecule has 0 amide bonds. The highest BCUT2D eigenvalue weighted by Gasteiger charge is 2.21. The van der Waals surface area contributed by atoms with Crippen LogP contribution in [-0.4, -0.2) is 14.5 Å². The molecule has 0 N–H and O–H groups in total. The molecule has 4 heterocycles. The molecule has 0 saturated carbocycles. The van der Waals surface area contributed by atoms with Gasteiger partial charge < -0.3 is 13.4 Å². The lowest BCUT2D eigenvalue weighted by Gasteiger charge is -2.15. The van der Waals surface area contributed by atoms with Gasteiger partial charge in [0.15, 0.2) is 5.82 Å². The Hall–Kier alpha value is -6.98. The molecule has 4 aromatic heterocycles. The highest BCUT2D eigenvalue weighted by atomic mass is 16.3. The predicted octanol–water partition coefficient (Wildman–Crippen LogP) is 12.4. The van der Waals surface area contributed by atoms with Gasteiger partial charge in [0, 0.05) is 49.0 Å². The summed E-state index contributed by atoms with van der Waals surface area (Å²) in [6.07, 6.45) is 0. The summed E-state index contributed by atoms with van der Waals surface area (Å²) in [6, 6.07) is 56.5. The first kappa shape index (κ1) is 27.9. The zero-order valence-electron chi connectivity index (χ0n) is 27.2. The summed E-state index contributed by atoms with van der Waals surface area (Å²) in [7, 11) is 0. The zero-order valence-corrected chi connectivity index (χ0v) is 27.2. The second-order valence-corrected chi connectivity index (χ2v) is 12.9. The molecule has 0 aliphatic heterocycles. The molecule has 7 aromatic carbocycles. The number of aromatic nitrogens is 3. The first-order valence-electron chi connectivity index (χ1n) is 17.1. The maximum atomic E-state index is 6.54. The molecule has 5 heteroatoms. The number of hydrogen-bond donors (Lipinski definition) is 0. The van der Waals surface area contributed by atoms with Crippen LogP contribution in [0.25, 0.3) is 105 Å². The molecule has 0 atom stereocenters. The lowest BCUT2D eigenvalue weighted by molar-refractivity contribution is 0.669. The average Bonchev–Trinajstić information content (AvgIpc) is 3.87. The first-order chi connectivity index (χ1) is 25.3. The van der Waals surface area contributed by atoms with Gasteiger partial charge >= 0.3 is 0 Å². The molecule has 0 fully saturated rings. The fourth-order valence-electron chi connectivity index (χ4n) is 7.78. The molecule has 0 saturated heterocycles. The first-order valence-corrected chi connectivity index (χ1v) is 17.1. The van der Waals surface area contributed by atoms with E-state index in [0.717, 1.165) is 88.7 Å². The van der Waals surface area contributed by atoms with Crippen LogP contribution in [0.3, 0.4) is 0 Å².